The summed E-state index contributed by atoms with van der Waals surface area (Å²) in [5.74, 6) is 0. The average Bonchev–Trinajstić information content (AvgIpc) is 2.37. The number of nitrogens with zero attached hydrogens (tertiary/aromatic N) is 1. The Bertz CT molecular complexity index is 117. The van der Waals surface area contributed by atoms with Crippen molar-refractivity contribution in [3.05, 3.63) is 0 Å². The summed E-state index contributed by atoms with van der Waals surface area (Å²) in [6, 6.07) is 1.26. The Morgan fingerprint density at radius 2 is 1.75 bits per heavy atom. The highest BCUT2D eigenvalue weighted by Crippen LogP contribution is 2.07. The van der Waals surface area contributed by atoms with Crippen LogP contribution in [-0.2, 0) is 0 Å². The van der Waals surface area contributed by atoms with Gasteiger partial charge in [0.25, 0.3) is 0 Å². The minimum atomic E-state index is 0.614. The number of likely N-dealkylation sites (tertiary alicyclic amines) is 1. The van der Waals surface area contributed by atoms with Crippen molar-refractivity contribution in [3.63, 3.8) is 0 Å². The molecule has 0 aromatic heterocycles. The molecule has 1 heterocycles. The van der Waals surface area contributed by atoms with Crippen LogP contribution in [0, 0.1) is 0 Å². The van der Waals surface area contributed by atoms with Crippen LogP contribution in [0.1, 0.15) is 33.6 Å². The molecule has 0 spiro atoms. The van der Waals surface area contributed by atoms with Crippen LogP contribution < -0.4 is 5.32 Å². The third-order valence-electron chi connectivity index (χ3n) is 2.35. The van der Waals surface area contributed by atoms with Gasteiger partial charge in [-0.05, 0) is 32.9 Å². The van der Waals surface area contributed by atoms with Crippen molar-refractivity contribution >= 4 is 0 Å². The second-order valence-electron chi connectivity index (χ2n) is 4.23. The van der Waals surface area contributed by atoms with Crippen molar-refractivity contribution in [2.45, 2.75) is 45.7 Å². The molecular formula is C10H22N2. The van der Waals surface area contributed by atoms with Gasteiger partial charge in [-0.3, -0.25) is 0 Å². The maximum atomic E-state index is 3.53. The van der Waals surface area contributed by atoms with Gasteiger partial charge in [0.1, 0.15) is 0 Å². The summed E-state index contributed by atoms with van der Waals surface area (Å²) in [6.07, 6.45) is 2.79. The van der Waals surface area contributed by atoms with E-state index in [1.165, 1.54) is 32.5 Å². The number of nitrogens with one attached hydrogen (secondary N) is 1. The highest BCUT2D eigenvalue weighted by atomic mass is 15.2. The molecule has 1 rings (SSSR count). The third kappa shape index (κ3) is 3.55. The quantitative estimate of drug-likeness (QED) is 0.687. The molecule has 0 aromatic rings. The minimum Gasteiger partial charge on any atom is -0.311 e. The molecule has 0 amide bonds. The van der Waals surface area contributed by atoms with Gasteiger partial charge in [-0.15, -0.1) is 0 Å². The Labute approximate surface area is 76.3 Å². The molecule has 2 heteroatoms. The van der Waals surface area contributed by atoms with Crippen LogP contribution >= 0.6 is 0 Å². The fraction of sp³-hybridized carbons (Fsp3) is 1.00. The van der Waals surface area contributed by atoms with Gasteiger partial charge in [0.15, 0.2) is 0 Å². The Kier molecular flexibility index (Phi) is 4.02. The Hall–Kier alpha value is -0.0800. The second kappa shape index (κ2) is 4.83. The summed E-state index contributed by atoms with van der Waals surface area (Å²) < 4.78 is 0. The van der Waals surface area contributed by atoms with E-state index in [1.54, 1.807) is 0 Å². The standard InChI is InChI=1S/C10H22N2/c1-9(2)11-10(3)8-12-6-4-5-7-12/h9-11H,4-8H2,1-3H3. The lowest BCUT2D eigenvalue weighted by atomic mass is 10.2. The molecule has 1 fully saturated rings. The molecule has 1 atom stereocenters. The fourth-order valence-electron chi connectivity index (χ4n) is 1.97. The van der Waals surface area contributed by atoms with Gasteiger partial charge in [0.05, 0.1) is 0 Å². The summed E-state index contributed by atoms with van der Waals surface area (Å²) in [6.45, 7) is 10.5. The molecule has 0 aliphatic carbocycles. The second-order valence-corrected chi connectivity index (χ2v) is 4.23. The molecule has 1 aliphatic heterocycles. The molecule has 0 bridgehead atoms. The van der Waals surface area contributed by atoms with E-state index in [-0.39, 0.29) is 0 Å². The summed E-state index contributed by atoms with van der Waals surface area (Å²) in [5.41, 5.74) is 0. The van der Waals surface area contributed by atoms with E-state index in [0.717, 1.165) is 0 Å². The molecular weight excluding hydrogens is 148 g/mol. The first-order chi connectivity index (χ1) is 5.68. The van der Waals surface area contributed by atoms with Crippen molar-refractivity contribution in [1.29, 1.82) is 0 Å². The van der Waals surface area contributed by atoms with Crippen LogP contribution in [0.5, 0.6) is 0 Å². The van der Waals surface area contributed by atoms with Crippen LogP contribution in [0.15, 0.2) is 0 Å². The molecule has 0 aromatic carbocycles. The summed E-state index contributed by atoms with van der Waals surface area (Å²) in [5, 5.41) is 3.53. The van der Waals surface area contributed by atoms with Crippen molar-refractivity contribution in [1.82, 2.24) is 10.2 Å². The predicted octanol–water partition coefficient (Wildman–Crippen LogP) is 1.47. The van der Waals surface area contributed by atoms with Gasteiger partial charge < -0.3 is 10.2 Å². The largest absolute Gasteiger partial charge is 0.311 e. The maximum Gasteiger partial charge on any atom is 0.0169 e. The van der Waals surface area contributed by atoms with Crippen molar-refractivity contribution < 1.29 is 0 Å². The van der Waals surface area contributed by atoms with E-state index in [9.17, 15) is 0 Å². The van der Waals surface area contributed by atoms with Gasteiger partial charge in [-0.1, -0.05) is 13.8 Å². The van der Waals surface area contributed by atoms with E-state index in [2.05, 4.69) is 31.0 Å². The van der Waals surface area contributed by atoms with Crippen molar-refractivity contribution in [2.75, 3.05) is 19.6 Å². The smallest absolute Gasteiger partial charge is 0.0169 e. The summed E-state index contributed by atoms with van der Waals surface area (Å²) in [7, 11) is 0. The topological polar surface area (TPSA) is 15.3 Å². The summed E-state index contributed by atoms with van der Waals surface area (Å²) in [4.78, 5) is 2.56. The summed E-state index contributed by atoms with van der Waals surface area (Å²) >= 11 is 0. The van der Waals surface area contributed by atoms with E-state index in [0.29, 0.717) is 12.1 Å². The minimum absolute atomic E-state index is 0.614. The lowest BCUT2D eigenvalue weighted by Crippen LogP contribution is -2.41. The molecule has 1 saturated heterocycles. The molecule has 72 valence electrons. The fourth-order valence-corrected chi connectivity index (χ4v) is 1.97. The van der Waals surface area contributed by atoms with Crippen molar-refractivity contribution in [2.24, 2.45) is 0 Å². The highest BCUT2D eigenvalue weighted by molar-refractivity contribution is 4.73. The maximum absolute atomic E-state index is 3.53. The number of hydrogen-bond acceptors (Lipinski definition) is 2. The van der Waals surface area contributed by atoms with Gasteiger partial charge in [-0.25, -0.2) is 0 Å². The predicted molar refractivity (Wildman–Crippen MR) is 53.4 cm³/mol. The first-order valence-electron chi connectivity index (χ1n) is 5.17. The molecule has 1 N–H and O–H groups in total. The zero-order chi connectivity index (χ0) is 8.97. The van der Waals surface area contributed by atoms with Crippen LogP contribution in [-0.4, -0.2) is 36.6 Å². The number of hydrogen-bond donors (Lipinski definition) is 1. The lowest BCUT2D eigenvalue weighted by molar-refractivity contribution is 0.291. The molecule has 0 saturated carbocycles. The Morgan fingerprint density at radius 1 is 1.17 bits per heavy atom. The van der Waals surface area contributed by atoms with E-state index >= 15 is 0 Å². The van der Waals surface area contributed by atoms with Crippen LogP contribution in [0.4, 0.5) is 0 Å². The van der Waals surface area contributed by atoms with Crippen LogP contribution in [0.3, 0.4) is 0 Å². The average molecular weight is 170 g/mol. The molecule has 12 heavy (non-hydrogen) atoms. The zero-order valence-corrected chi connectivity index (χ0v) is 8.64. The number of rotatable bonds is 4. The first kappa shape index (κ1) is 10.0. The Morgan fingerprint density at radius 3 is 2.25 bits per heavy atom. The monoisotopic (exact) mass is 170 g/mol. The first-order valence-corrected chi connectivity index (χ1v) is 5.17. The molecule has 1 aliphatic rings. The molecule has 1 unspecified atom stereocenters. The van der Waals surface area contributed by atoms with Gasteiger partial charge >= 0.3 is 0 Å². The van der Waals surface area contributed by atoms with Crippen LogP contribution in [0.2, 0.25) is 0 Å². The lowest BCUT2D eigenvalue weighted by Gasteiger charge is -2.22. The van der Waals surface area contributed by atoms with E-state index in [4.69, 9.17) is 0 Å². The van der Waals surface area contributed by atoms with Gasteiger partial charge in [-0.2, -0.15) is 0 Å². The van der Waals surface area contributed by atoms with Crippen LogP contribution in [0.25, 0.3) is 0 Å². The third-order valence-corrected chi connectivity index (χ3v) is 2.35. The van der Waals surface area contributed by atoms with Gasteiger partial charge in [0.2, 0.25) is 0 Å². The van der Waals surface area contributed by atoms with Crippen molar-refractivity contribution in [3.8, 4) is 0 Å². The normalized spacial score (nSPS) is 22.0. The zero-order valence-electron chi connectivity index (χ0n) is 8.64. The molecule has 2 nitrogen and oxygen atoms in total. The van der Waals surface area contributed by atoms with E-state index < -0.39 is 0 Å². The Balaban J connectivity index is 2.11. The SMILES string of the molecule is CC(C)NC(C)CN1CCCC1. The highest BCUT2D eigenvalue weighted by Gasteiger charge is 2.14. The van der Waals surface area contributed by atoms with Gasteiger partial charge in [0, 0.05) is 18.6 Å². The molecule has 0 radical (unpaired) electrons. The van der Waals surface area contributed by atoms with E-state index in [1.807, 2.05) is 0 Å².